The maximum absolute atomic E-state index is 12.2. The van der Waals surface area contributed by atoms with Gasteiger partial charge in [-0.2, -0.15) is 0 Å². The zero-order valence-corrected chi connectivity index (χ0v) is 14.8. The molecule has 0 bridgehead atoms. The van der Waals surface area contributed by atoms with Gasteiger partial charge in [-0.1, -0.05) is 50.1 Å². The summed E-state index contributed by atoms with van der Waals surface area (Å²) in [5.41, 5.74) is 6.27. The molecule has 134 valence electrons. The first-order chi connectivity index (χ1) is 12.1. The third kappa shape index (κ3) is 5.87. The van der Waals surface area contributed by atoms with E-state index in [2.05, 4.69) is 17.6 Å². The van der Waals surface area contributed by atoms with Crippen LogP contribution < -0.4 is 16.4 Å². The van der Waals surface area contributed by atoms with Gasteiger partial charge in [0, 0.05) is 31.1 Å². The normalized spacial score (nSPS) is 11.9. The van der Waals surface area contributed by atoms with Gasteiger partial charge in [0.15, 0.2) is 0 Å². The van der Waals surface area contributed by atoms with Crippen molar-refractivity contribution in [2.75, 3.05) is 13.1 Å². The van der Waals surface area contributed by atoms with Gasteiger partial charge < -0.3 is 16.4 Å². The Kier molecular flexibility index (Phi) is 7.41. The first-order valence-electron chi connectivity index (χ1n) is 8.90. The minimum Gasteiger partial charge on any atom is -0.352 e. The molecule has 4 N–H and O–H groups in total. The lowest BCUT2D eigenvalue weighted by Crippen LogP contribution is -2.41. The van der Waals surface area contributed by atoms with Gasteiger partial charge in [-0.3, -0.25) is 9.59 Å². The van der Waals surface area contributed by atoms with Gasteiger partial charge in [-0.25, -0.2) is 0 Å². The van der Waals surface area contributed by atoms with Crippen LogP contribution in [-0.2, 0) is 4.79 Å². The summed E-state index contributed by atoms with van der Waals surface area (Å²) in [6, 6.07) is 13.5. The van der Waals surface area contributed by atoms with E-state index in [1.807, 2.05) is 36.4 Å². The summed E-state index contributed by atoms with van der Waals surface area (Å²) in [7, 11) is 0. The van der Waals surface area contributed by atoms with Crippen molar-refractivity contribution in [1.82, 2.24) is 10.6 Å². The molecule has 5 nitrogen and oxygen atoms in total. The number of nitrogens with one attached hydrogen (secondary N) is 2. The molecule has 25 heavy (non-hydrogen) atoms. The van der Waals surface area contributed by atoms with E-state index >= 15 is 0 Å². The van der Waals surface area contributed by atoms with E-state index in [0.29, 0.717) is 18.7 Å². The molecule has 2 aromatic carbocycles. The van der Waals surface area contributed by atoms with Crippen molar-refractivity contribution in [1.29, 1.82) is 0 Å². The Bertz CT molecular complexity index is 715. The fourth-order valence-corrected chi connectivity index (χ4v) is 2.72. The third-order valence-corrected chi connectivity index (χ3v) is 4.21. The number of hydrogen-bond donors (Lipinski definition) is 3. The monoisotopic (exact) mass is 341 g/mol. The number of rotatable bonds is 9. The van der Waals surface area contributed by atoms with E-state index in [1.165, 1.54) is 0 Å². The highest BCUT2D eigenvalue weighted by atomic mass is 16.2. The number of amides is 2. The topological polar surface area (TPSA) is 84.2 Å². The van der Waals surface area contributed by atoms with Crippen LogP contribution in [0.15, 0.2) is 42.5 Å². The number of unbranched alkanes of at least 4 members (excludes halogenated alkanes) is 1. The minimum atomic E-state index is -0.167. The van der Waals surface area contributed by atoms with Crippen LogP contribution in [-0.4, -0.2) is 30.9 Å². The summed E-state index contributed by atoms with van der Waals surface area (Å²) in [6.45, 7) is 2.86. The lowest BCUT2D eigenvalue weighted by atomic mass is 10.1. The van der Waals surface area contributed by atoms with Crippen molar-refractivity contribution in [2.45, 2.75) is 38.6 Å². The van der Waals surface area contributed by atoms with Crippen LogP contribution in [0.2, 0.25) is 0 Å². The molecular formula is C20H27N3O2. The minimum absolute atomic E-state index is 0.0173. The van der Waals surface area contributed by atoms with E-state index in [1.54, 1.807) is 6.07 Å². The number of carbonyl (C=O) groups is 2. The average Bonchev–Trinajstić information content (AvgIpc) is 2.64. The summed E-state index contributed by atoms with van der Waals surface area (Å²) in [6.07, 6.45) is 3.26. The fraction of sp³-hybridized carbons (Fsp3) is 0.400. The van der Waals surface area contributed by atoms with Crippen LogP contribution in [0.1, 0.15) is 43.0 Å². The Labute approximate surface area is 149 Å². The zero-order chi connectivity index (χ0) is 18.1. The van der Waals surface area contributed by atoms with Crippen molar-refractivity contribution in [3.05, 3.63) is 48.0 Å². The third-order valence-electron chi connectivity index (χ3n) is 4.21. The van der Waals surface area contributed by atoms with Crippen molar-refractivity contribution < 1.29 is 9.59 Å². The predicted octanol–water partition coefficient (Wildman–Crippen LogP) is 2.59. The SMILES string of the molecule is CCCCC(CN)NC(=O)CCNC(=O)c1ccc2ccccc2c1. The summed E-state index contributed by atoms with van der Waals surface area (Å²) < 4.78 is 0. The standard InChI is InChI=1S/C20H27N3O2/c1-2-3-8-18(14-21)23-19(24)11-12-22-20(25)17-10-9-15-6-4-5-7-16(15)13-17/h4-7,9-10,13,18H,2-3,8,11-12,14,21H2,1H3,(H,22,25)(H,23,24). The first kappa shape index (κ1) is 18.9. The molecule has 1 atom stereocenters. The fourth-order valence-electron chi connectivity index (χ4n) is 2.72. The Morgan fingerprint density at radius 1 is 1.12 bits per heavy atom. The van der Waals surface area contributed by atoms with Crippen LogP contribution in [0, 0.1) is 0 Å². The van der Waals surface area contributed by atoms with E-state index in [4.69, 9.17) is 5.73 Å². The molecule has 0 radical (unpaired) electrons. The molecule has 2 rings (SSSR count). The highest BCUT2D eigenvalue weighted by molar-refractivity contribution is 5.98. The van der Waals surface area contributed by atoms with Gasteiger partial charge in [0.25, 0.3) is 5.91 Å². The van der Waals surface area contributed by atoms with Gasteiger partial charge in [0.1, 0.15) is 0 Å². The summed E-state index contributed by atoms with van der Waals surface area (Å²) in [4.78, 5) is 24.2. The molecule has 0 aliphatic carbocycles. The van der Waals surface area contributed by atoms with E-state index in [-0.39, 0.29) is 24.3 Å². The van der Waals surface area contributed by atoms with Crippen LogP contribution >= 0.6 is 0 Å². The Morgan fingerprint density at radius 2 is 1.88 bits per heavy atom. The van der Waals surface area contributed by atoms with Gasteiger partial charge in [-0.15, -0.1) is 0 Å². The highest BCUT2D eigenvalue weighted by Crippen LogP contribution is 2.15. The number of fused-ring (bicyclic) bond motifs is 1. The maximum atomic E-state index is 12.2. The number of nitrogens with two attached hydrogens (primary N) is 1. The Hall–Kier alpha value is -2.40. The molecule has 0 fully saturated rings. The molecule has 0 spiro atoms. The lowest BCUT2D eigenvalue weighted by Gasteiger charge is -2.16. The molecule has 0 saturated carbocycles. The van der Waals surface area contributed by atoms with Crippen LogP contribution in [0.5, 0.6) is 0 Å². The number of hydrogen-bond acceptors (Lipinski definition) is 3. The molecule has 0 aliphatic rings. The second kappa shape index (κ2) is 9.79. The van der Waals surface area contributed by atoms with Crippen LogP contribution in [0.25, 0.3) is 10.8 Å². The van der Waals surface area contributed by atoms with Crippen molar-refractivity contribution >= 4 is 22.6 Å². The molecule has 2 amide bonds. The Balaban J connectivity index is 1.79. The summed E-state index contributed by atoms with van der Waals surface area (Å²) in [5.74, 6) is -0.245. The van der Waals surface area contributed by atoms with Crippen molar-refractivity contribution in [2.24, 2.45) is 5.73 Å². The molecule has 5 heteroatoms. The second-order valence-electron chi connectivity index (χ2n) is 6.21. The first-order valence-corrected chi connectivity index (χ1v) is 8.90. The van der Waals surface area contributed by atoms with Crippen molar-refractivity contribution in [3.8, 4) is 0 Å². The van der Waals surface area contributed by atoms with Gasteiger partial charge in [0.05, 0.1) is 0 Å². The van der Waals surface area contributed by atoms with Gasteiger partial charge in [0.2, 0.25) is 5.91 Å². The smallest absolute Gasteiger partial charge is 0.251 e. The quantitative estimate of drug-likeness (QED) is 0.655. The molecular weight excluding hydrogens is 314 g/mol. The van der Waals surface area contributed by atoms with Crippen LogP contribution in [0.4, 0.5) is 0 Å². The van der Waals surface area contributed by atoms with Gasteiger partial charge >= 0.3 is 0 Å². The molecule has 2 aromatic rings. The number of benzene rings is 2. The maximum Gasteiger partial charge on any atom is 0.251 e. The summed E-state index contributed by atoms with van der Waals surface area (Å²) in [5, 5.41) is 7.84. The lowest BCUT2D eigenvalue weighted by molar-refractivity contribution is -0.121. The van der Waals surface area contributed by atoms with E-state index in [0.717, 1.165) is 30.0 Å². The van der Waals surface area contributed by atoms with Crippen molar-refractivity contribution in [3.63, 3.8) is 0 Å². The molecule has 0 heterocycles. The van der Waals surface area contributed by atoms with E-state index < -0.39 is 0 Å². The molecule has 0 aliphatic heterocycles. The highest BCUT2D eigenvalue weighted by Gasteiger charge is 2.11. The predicted molar refractivity (Wildman–Crippen MR) is 101 cm³/mol. The molecule has 1 unspecified atom stereocenters. The average molecular weight is 341 g/mol. The number of carbonyl (C=O) groups excluding carboxylic acids is 2. The van der Waals surface area contributed by atoms with E-state index in [9.17, 15) is 9.59 Å². The molecule has 0 saturated heterocycles. The largest absolute Gasteiger partial charge is 0.352 e. The molecule has 0 aromatic heterocycles. The summed E-state index contributed by atoms with van der Waals surface area (Å²) >= 11 is 0. The van der Waals surface area contributed by atoms with Gasteiger partial charge in [-0.05, 0) is 29.3 Å². The Morgan fingerprint density at radius 3 is 2.60 bits per heavy atom. The second-order valence-corrected chi connectivity index (χ2v) is 6.21. The zero-order valence-electron chi connectivity index (χ0n) is 14.8. The van der Waals surface area contributed by atoms with Crippen LogP contribution in [0.3, 0.4) is 0 Å².